The van der Waals surface area contributed by atoms with Crippen molar-refractivity contribution >= 4 is 38.2 Å². The summed E-state index contributed by atoms with van der Waals surface area (Å²) in [5.74, 6) is -1.12. The number of hydrogen-bond acceptors (Lipinski definition) is 6. The molecule has 1 saturated heterocycles. The monoisotopic (exact) mass is 490 g/mol. The normalized spacial score (nSPS) is 19.4. The molecule has 2 aliphatic rings. The third kappa shape index (κ3) is 5.15. The van der Waals surface area contributed by atoms with Crippen molar-refractivity contribution in [1.82, 2.24) is 4.31 Å². The topological polar surface area (TPSA) is 92.8 Å². The average Bonchev–Trinajstić information content (AvgIpc) is 3.00. The molecule has 1 amide bonds. The number of nitrogens with zero attached hydrogens (tertiary/aromatic N) is 1. The van der Waals surface area contributed by atoms with Gasteiger partial charge < -0.3 is 10.1 Å². The van der Waals surface area contributed by atoms with E-state index in [2.05, 4.69) is 5.32 Å². The van der Waals surface area contributed by atoms with Crippen molar-refractivity contribution in [2.24, 2.45) is 5.92 Å². The number of fused-ring (bicyclic) bond motifs is 1. The highest BCUT2D eigenvalue weighted by molar-refractivity contribution is 7.89. The lowest BCUT2D eigenvalue weighted by Gasteiger charge is -2.31. The fourth-order valence-electron chi connectivity index (χ4n) is 4.58. The summed E-state index contributed by atoms with van der Waals surface area (Å²) in [5, 5.41) is 3.50. The Balaban J connectivity index is 1.54. The molecule has 0 spiro atoms. The molecule has 1 unspecified atom stereocenters. The zero-order valence-electron chi connectivity index (χ0n) is 18.8. The van der Waals surface area contributed by atoms with E-state index in [9.17, 15) is 18.0 Å². The van der Waals surface area contributed by atoms with Crippen LogP contribution in [-0.4, -0.2) is 44.3 Å². The van der Waals surface area contributed by atoms with Crippen LogP contribution in [0.15, 0.2) is 35.2 Å². The highest BCUT2D eigenvalue weighted by Crippen LogP contribution is 2.38. The number of aryl methyl sites for hydroxylation is 1. The van der Waals surface area contributed by atoms with Gasteiger partial charge >= 0.3 is 5.97 Å². The van der Waals surface area contributed by atoms with Crippen molar-refractivity contribution in [2.45, 2.75) is 56.8 Å². The fourth-order valence-corrected chi connectivity index (χ4v) is 7.41. The first-order chi connectivity index (χ1) is 15.9. The lowest BCUT2D eigenvalue weighted by molar-refractivity contribution is -0.120. The molecule has 1 N–H and O–H groups in total. The van der Waals surface area contributed by atoms with Crippen LogP contribution in [0.1, 0.15) is 59.8 Å². The smallest absolute Gasteiger partial charge is 0.341 e. The molecular weight excluding hydrogens is 460 g/mol. The summed E-state index contributed by atoms with van der Waals surface area (Å²) in [6, 6.07) is 8.30. The Kier molecular flexibility index (Phi) is 7.51. The summed E-state index contributed by atoms with van der Waals surface area (Å²) >= 11 is 1.46. The summed E-state index contributed by atoms with van der Waals surface area (Å²) in [7, 11) is -3.65. The van der Waals surface area contributed by atoms with Crippen LogP contribution in [-0.2, 0) is 32.4 Å². The molecule has 1 atom stereocenters. The quantitative estimate of drug-likeness (QED) is 0.483. The molecule has 2 aromatic rings. The van der Waals surface area contributed by atoms with Crippen LogP contribution in [0.2, 0.25) is 0 Å². The number of esters is 1. The molecule has 1 aliphatic carbocycles. The molecule has 1 aliphatic heterocycles. The maximum atomic E-state index is 13.2. The number of piperidine rings is 1. The minimum absolute atomic E-state index is 0.128. The molecule has 9 heteroatoms. The predicted molar refractivity (Wildman–Crippen MR) is 128 cm³/mol. The first-order valence-corrected chi connectivity index (χ1v) is 13.8. The molecule has 2 heterocycles. The van der Waals surface area contributed by atoms with Gasteiger partial charge in [0.25, 0.3) is 0 Å². The molecule has 1 fully saturated rings. The van der Waals surface area contributed by atoms with Gasteiger partial charge in [-0.2, -0.15) is 4.31 Å². The standard InChI is InChI=1S/C24H30N2O5S2/c1-2-31-24(28)21-19-13-7-4-8-14-20(19)32-23(21)25-22(27)17-10-9-15-26(16-17)33(29,30)18-11-5-3-6-12-18/h3,5-6,11-12,17H,2,4,7-10,13-16H2,1H3,(H,25,27). The van der Waals surface area contributed by atoms with Gasteiger partial charge in [0, 0.05) is 18.0 Å². The van der Waals surface area contributed by atoms with Gasteiger partial charge in [0.1, 0.15) is 5.00 Å². The van der Waals surface area contributed by atoms with E-state index in [1.807, 2.05) is 0 Å². The van der Waals surface area contributed by atoms with Crippen molar-refractivity contribution < 1.29 is 22.7 Å². The number of ether oxygens (including phenoxy) is 1. The third-order valence-corrected chi connectivity index (χ3v) is 9.36. The van der Waals surface area contributed by atoms with Gasteiger partial charge in [-0.25, -0.2) is 13.2 Å². The van der Waals surface area contributed by atoms with Crippen LogP contribution in [0.5, 0.6) is 0 Å². The number of benzene rings is 1. The van der Waals surface area contributed by atoms with E-state index >= 15 is 0 Å². The summed E-state index contributed by atoms with van der Waals surface area (Å²) in [6.45, 7) is 2.56. The number of nitrogens with one attached hydrogen (secondary N) is 1. The van der Waals surface area contributed by atoms with Crippen LogP contribution in [0.25, 0.3) is 0 Å². The van der Waals surface area contributed by atoms with Crippen LogP contribution in [0.3, 0.4) is 0 Å². The van der Waals surface area contributed by atoms with E-state index in [0.29, 0.717) is 30.0 Å². The van der Waals surface area contributed by atoms with Gasteiger partial charge in [-0.05, 0) is 63.1 Å². The van der Waals surface area contributed by atoms with Crippen molar-refractivity contribution in [3.8, 4) is 0 Å². The Hall–Kier alpha value is -2.23. The Morgan fingerprint density at radius 3 is 2.64 bits per heavy atom. The van der Waals surface area contributed by atoms with Gasteiger partial charge in [0.15, 0.2) is 0 Å². The lowest BCUT2D eigenvalue weighted by Crippen LogP contribution is -2.43. The number of amides is 1. The number of carbonyl (C=O) groups is 2. The number of rotatable bonds is 6. The zero-order valence-corrected chi connectivity index (χ0v) is 20.5. The lowest BCUT2D eigenvalue weighted by atomic mass is 9.98. The minimum atomic E-state index is -3.65. The van der Waals surface area contributed by atoms with Gasteiger partial charge in [-0.3, -0.25) is 4.79 Å². The van der Waals surface area contributed by atoms with Crippen LogP contribution < -0.4 is 5.32 Å². The van der Waals surface area contributed by atoms with Crippen molar-refractivity contribution in [2.75, 3.05) is 25.0 Å². The summed E-state index contributed by atoms with van der Waals surface area (Å²) in [4.78, 5) is 27.3. The summed E-state index contributed by atoms with van der Waals surface area (Å²) < 4.78 is 32.8. The van der Waals surface area contributed by atoms with Gasteiger partial charge in [-0.15, -0.1) is 11.3 Å². The van der Waals surface area contributed by atoms with E-state index in [1.165, 1.54) is 15.6 Å². The molecule has 33 heavy (non-hydrogen) atoms. The number of carbonyl (C=O) groups excluding carboxylic acids is 2. The second kappa shape index (κ2) is 10.4. The van der Waals surface area contributed by atoms with E-state index in [0.717, 1.165) is 42.5 Å². The summed E-state index contributed by atoms with van der Waals surface area (Å²) in [6.07, 6.45) is 6.12. The Labute approximate surface area is 199 Å². The minimum Gasteiger partial charge on any atom is -0.462 e. The molecule has 178 valence electrons. The van der Waals surface area contributed by atoms with Gasteiger partial charge in [0.2, 0.25) is 15.9 Å². The van der Waals surface area contributed by atoms with Crippen molar-refractivity contribution in [3.63, 3.8) is 0 Å². The molecule has 1 aromatic carbocycles. The highest BCUT2D eigenvalue weighted by atomic mass is 32.2. The van der Waals surface area contributed by atoms with Crippen LogP contribution >= 0.6 is 11.3 Å². The van der Waals surface area contributed by atoms with Gasteiger partial charge in [0.05, 0.1) is 23.0 Å². The van der Waals surface area contributed by atoms with Crippen LogP contribution in [0.4, 0.5) is 5.00 Å². The molecule has 1 aromatic heterocycles. The first-order valence-electron chi connectivity index (χ1n) is 11.6. The van der Waals surface area contributed by atoms with Crippen molar-refractivity contribution in [1.29, 1.82) is 0 Å². The maximum absolute atomic E-state index is 13.2. The summed E-state index contributed by atoms with van der Waals surface area (Å²) in [5.41, 5.74) is 1.49. The first kappa shape index (κ1) is 23.9. The predicted octanol–water partition coefficient (Wildman–Crippen LogP) is 4.23. The van der Waals surface area contributed by atoms with Crippen LogP contribution in [0, 0.1) is 5.92 Å². The van der Waals surface area contributed by atoms with Crippen molar-refractivity contribution in [3.05, 3.63) is 46.3 Å². The molecule has 7 nitrogen and oxygen atoms in total. The van der Waals surface area contributed by atoms with Gasteiger partial charge in [-0.1, -0.05) is 24.6 Å². The molecule has 0 bridgehead atoms. The largest absolute Gasteiger partial charge is 0.462 e. The molecular formula is C24H30N2O5S2. The molecule has 0 radical (unpaired) electrons. The molecule has 4 rings (SSSR count). The Morgan fingerprint density at radius 2 is 1.88 bits per heavy atom. The second-order valence-electron chi connectivity index (χ2n) is 8.49. The fraction of sp³-hybridized carbons (Fsp3) is 0.500. The Morgan fingerprint density at radius 1 is 1.12 bits per heavy atom. The highest BCUT2D eigenvalue weighted by Gasteiger charge is 2.34. The number of sulfonamides is 1. The van der Waals surface area contributed by atoms with E-state index in [1.54, 1.807) is 37.3 Å². The van der Waals surface area contributed by atoms with E-state index in [-0.39, 0.29) is 24.0 Å². The number of anilines is 1. The Bertz CT molecular complexity index is 1110. The molecule has 0 saturated carbocycles. The average molecular weight is 491 g/mol. The van der Waals surface area contributed by atoms with E-state index in [4.69, 9.17) is 4.74 Å². The SMILES string of the molecule is CCOC(=O)c1c(NC(=O)C2CCCN(S(=O)(=O)c3ccccc3)C2)sc2c1CCCCC2. The zero-order chi connectivity index (χ0) is 23.4. The number of thiophene rings is 1. The third-order valence-electron chi connectivity index (χ3n) is 6.27. The number of hydrogen-bond donors (Lipinski definition) is 1. The maximum Gasteiger partial charge on any atom is 0.341 e. The van der Waals surface area contributed by atoms with E-state index < -0.39 is 21.9 Å². The second-order valence-corrected chi connectivity index (χ2v) is 11.5.